The van der Waals surface area contributed by atoms with E-state index in [1.807, 2.05) is 25.4 Å². The molecule has 1 heterocycles. The summed E-state index contributed by atoms with van der Waals surface area (Å²) in [6.07, 6.45) is 4.13. The summed E-state index contributed by atoms with van der Waals surface area (Å²) in [6, 6.07) is 7.24. The number of nitrogens with zero attached hydrogens (tertiary/aromatic N) is 2. The molecule has 0 bridgehead atoms. The molecule has 102 valence electrons. The molecule has 0 aliphatic heterocycles. The minimum absolute atomic E-state index is 0.154. The van der Waals surface area contributed by atoms with E-state index in [2.05, 4.69) is 5.10 Å². The number of hydrogen-bond donors (Lipinski definition) is 2. The lowest BCUT2D eigenvalue weighted by atomic mass is 9.77. The maximum absolute atomic E-state index is 9.76. The predicted molar refractivity (Wildman–Crippen MR) is 74.2 cm³/mol. The van der Waals surface area contributed by atoms with Gasteiger partial charge in [0.25, 0.3) is 0 Å². The highest BCUT2D eigenvalue weighted by molar-refractivity contribution is 6.30. The van der Waals surface area contributed by atoms with Crippen molar-refractivity contribution in [3.8, 4) is 0 Å². The fourth-order valence-electron chi connectivity index (χ4n) is 2.22. The summed E-state index contributed by atoms with van der Waals surface area (Å²) < 4.78 is 1.70. The summed E-state index contributed by atoms with van der Waals surface area (Å²) in [5, 5.41) is 24.2. The third-order valence-electron chi connectivity index (χ3n) is 3.34. The van der Waals surface area contributed by atoms with E-state index in [9.17, 15) is 10.2 Å². The van der Waals surface area contributed by atoms with Crippen molar-refractivity contribution in [2.75, 3.05) is 13.2 Å². The molecule has 0 aliphatic rings. The Hall–Kier alpha value is -1.36. The van der Waals surface area contributed by atoms with Crippen molar-refractivity contribution in [2.24, 2.45) is 7.05 Å². The molecule has 2 N–H and O–H groups in total. The van der Waals surface area contributed by atoms with Crippen molar-refractivity contribution < 1.29 is 10.2 Å². The van der Waals surface area contributed by atoms with Gasteiger partial charge in [-0.1, -0.05) is 23.7 Å². The molecule has 1 aromatic heterocycles. The van der Waals surface area contributed by atoms with Gasteiger partial charge in [-0.2, -0.15) is 5.10 Å². The number of aryl methyl sites for hydroxylation is 1. The van der Waals surface area contributed by atoms with E-state index in [1.165, 1.54) is 0 Å². The van der Waals surface area contributed by atoms with Crippen molar-refractivity contribution in [3.05, 3.63) is 52.8 Å². The zero-order chi connectivity index (χ0) is 13.9. The van der Waals surface area contributed by atoms with Gasteiger partial charge >= 0.3 is 0 Å². The average Bonchev–Trinajstić information content (AvgIpc) is 2.81. The van der Waals surface area contributed by atoms with Crippen LogP contribution in [0, 0.1) is 0 Å². The van der Waals surface area contributed by atoms with Crippen LogP contribution in [-0.4, -0.2) is 33.2 Å². The minimum Gasteiger partial charge on any atom is -0.395 e. The molecule has 4 nitrogen and oxygen atoms in total. The molecular formula is C14H17ClN2O2. The summed E-state index contributed by atoms with van der Waals surface area (Å²) >= 11 is 5.99. The highest BCUT2D eigenvalue weighted by Gasteiger charge is 2.32. The Morgan fingerprint density at radius 3 is 2.58 bits per heavy atom. The molecule has 2 aromatic rings. The van der Waals surface area contributed by atoms with Crippen molar-refractivity contribution in [1.29, 1.82) is 0 Å². The number of aliphatic hydroxyl groups is 2. The molecule has 1 aromatic carbocycles. The fraction of sp³-hybridized carbons (Fsp3) is 0.357. The second-order valence-corrected chi connectivity index (χ2v) is 5.24. The highest BCUT2D eigenvalue weighted by Crippen LogP contribution is 2.29. The third-order valence-corrected chi connectivity index (χ3v) is 3.58. The smallest absolute Gasteiger partial charge is 0.0553 e. The van der Waals surface area contributed by atoms with Crippen LogP contribution in [0.1, 0.15) is 11.1 Å². The molecule has 0 unspecified atom stereocenters. The SMILES string of the molecule is Cn1cc(CC(CO)(CO)c2cccc(Cl)c2)cn1. The van der Waals surface area contributed by atoms with E-state index in [1.54, 1.807) is 23.0 Å². The van der Waals surface area contributed by atoms with Crippen molar-refractivity contribution in [2.45, 2.75) is 11.8 Å². The third kappa shape index (κ3) is 2.97. The number of aromatic nitrogens is 2. The quantitative estimate of drug-likeness (QED) is 0.873. The van der Waals surface area contributed by atoms with Crippen LogP contribution >= 0.6 is 11.6 Å². The first-order valence-electron chi connectivity index (χ1n) is 6.05. The molecule has 0 amide bonds. The van der Waals surface area contributed by atoms with E-state index < -0.39 is 5.41 Å². The van der Waals surface area contributed by atoms with Gasteiger partial charge in [0.15, 0.2) is 0 Å². The van der Waals surface area contributed by atoms with Gasteiger partial charge in [-0.25, -0.2) is 0 Å². The Labute approximate surface area is 117 Å². The monoisotopic (exact) mass is 280 g/mol. The largest absolute Gasteiger partial charge is 0.395 e. The number of hydrogen-bond acceptors (Lipinski definition) is 3. The predicted octanol–water partition coefficient (Wildman–Crippen LogP) is 1.54. The molecule has 0 atom stereocenters. The van der Waals surface area contributed by atoms with Gasteiger partial charge in [-0.3, -0.25) is 4.68 Å². The summed E-state index contributed by atoms with van der Waals surface area (Å²) in [5.41, 5.74) is 1.05. The number of benzene rings is 1. The zero-order valence-electron chi connectivity index (χ0n) is 10.8. The first kappa shape index (κ1) is 14.1. The van der Waals surface area contributed by atoms with E-state index in [-0.39, 0.29) is 13.2 Å². The number of halogens is 1. The molecule has 2 rings (SSSR count). The molecule has 5 heteroatoms. The zero-order valence-corrected chi connectivity index (χ0v) is 11.5. The lowest BCUT2D eigenvalue weighted by Gasteiger charge is -2.30. The fourth-order valence-corrected chi connectivity index (χ4v) is 2.41. The van der Waals surface area contributed by atoms with Crippen molar-refractivity contribution in [3.63, 3.8) is 0 Å². The molecule has 19 heavy (non-hydrogen) atoms. The Kier molecular flexibility index (Phi) is 4.24. The van der Waals surface area contributed by atoms with Gasteiger partial charge in [0.2, 0.25) is 0 Å². The highest BCUT2D eigenvalue weighted by atomic mass is 35.5. The van der Waals surface area contributed by atoms with Crippen molar-refractivity contribution in [1.82, 2.24) is 9.78 Å². The Morgan fingerprint density at radius 2 is 2.05 bits per heavy atom. The van der Waals surface area contributed by atoms with Gasteiger partial charge in [-0.15, -0.1) is 0 Å². The van der Waals surface area contributed by atoms with Gasteiger partial charge in [0.05, 0.1) is 19.4 Å². The number of rotatable bonds is 5. The molecule has 0 radical (unpaired) electrons. The van der Waals surface area contributed by atoms with Gasteiger partial charge in [0, 0.05) is 23.7 Å². The molecule has 0 saturated carbocycles. The van der Waals surface area contributed by atoms with E-state index >= 15 is 0 Å². The second-order valence-electron chi connectivity index (χ2n) is 4.81. The van der Waals surface area contributed by atoms with Crippen molar-refractivity contribution >= 4 is 11.6 Å². The summed E-state index contributed by atoms with van der Waals surface area (Å²) in [5.74, 6) is 0. The van der Waals surface area contributed by atoms with Gasteiger partial charge in [-0.05, 0) is 29.7 Å². The van der Waals surface area contributed by atoms with Crippen LogP contribution in [0.5, 0.6) is 0 Å². The molecule has 0 spiro atoms. The standard InChI is InChI=1S/C14H17ClN2O2/c1-17-8-11(7-16-17)6-14(9-18,10-19)12-3-2-4-13(15)5-12/h2-5,7-8,18-19H,6,9-10H2,1H3. The van der Waals surface area contributed by atoms with E-state index in [0.29, 0.717) is 11.4 Å². The van der Waals surface area contributed by atoms with Crippen LogP contribution in [0.2, 0.25) is 5.02 Å². The average molecular weight is 281 g/mol. The molecule has 0 aliphatic carbocycles. The van der Waals surface area contributed by atoms with Crippen LogP contribution < -0.4 is 0 Å². The Balaban J connectivity index is 2.37. The van der Waals surface area contributed by atoms with Crippen LogP contribution in [-0.2, 0) is 18.9 Å². The molecule has 0 saturated heterocycles. The van der Waals surface area contributed by atoms with Gasteiger partial charge in [0.1, 0.15) is 0 Å². The first-order valence-corrected chi connectivity index (χ1v) is 6.43. The van der Waals surface area contributed by atoms with Gasteiger partial charge < -0.3 is 10.2 Å². The number of aliphatic hydroxyl groups excluding tert-OH is 2. The van der Waals surface area contributed by atoms with E-state index in [4.69, 9.17) is 11.6 Å². The lowest BCUT2D eigenvalue weighted by molar-refractivity contribution is 0.116. The molecule has 0 fully saturated rings. The van der Waals surface area contributed by atoms with Crippen LogP contribution in [0.25, 0.3) is 0 Å². The minimum atomic E-state index is -0.742. The second kappa shape index (κ2) is 5.74. The Morgan fingerprint density at radius 1 is 1.32 bits per heavy atom. The topological polar surface area (TPSA) is 58.3 Å². The Bertz CT molecular complexity index is 550. The summed E-state index contributed by atoms with van der Waals surface area (Å²) in [4.78, 5) is 0. The van der Waals surface area contributed by atoms with Crippen LogP contribution in [0.3, 0.4) is 0 Å². The van der Waals surface area contributed by atoms with E-state index in [0.717, 1.165) is 11.1 Å². The summed E-state index contributed by atoms with van der Waals surface area (Å²) in [6.45, 7) is -0.308. The maximum atomic E-state index is 9.76. The normalized spacial score (nSPS) is 11.8. The molecular weight excluding hydrogens is 264 g/mol. The first-order chi connectivity index (χ1) is 9.09. The maximum Gasteiger partial charge on any atom is 0.0553 e. The lowest BCUT2D eigenvalue weighted by Crippen LogP contribution is -2.37. The van der Waals surface area contributed by atoms with Crippen LogP contribution in [0.15, 0.2) is 36.7 Å². The summed E-state index contributed by atoms with van der Waals surface area (Å²) in [7, 11) is 1.84. The van der Waals surface area contributed by atoms with Crippen LogP contribution in [0.4, 0.5) is 0 Å².